The minimum Gasteiger partial charge on any atom is -0.396 e. The van der Waals surface area contributed by atoms with Gasteiger partial charge in [-0.2, -0.15) is 0 Å². The first-order chi connectivity index (χ1) is 8.09. The summed E-state index contributed by atoms with van der Waals surface area (Å²) in [7, 11) is 1.62. The van der Waals surface area contributed by atoms with E-state index in [1.165, 1.54) is 12.1 Å². The van der Waals surface area contributed by atoms with Gasteiger partial charge in [-0.05, 0) is 31.0 Å². The Morgan fingerprint density at radius 2 is 2.24 bits per heavy atom. The fourth-order valence-corrected chi connectivity index (χ4v) is 1.74. The van der Waals surface area contributed by atoms with Gasteiger partial charge in [-0.3, -0.25) is 0 Å². The molecular weight excluding hydrogens is 221 g/mol. The van der Waals surface area contributed by atoms with Gasteiger partial charge in [0, 0.05) is 25.8 Å². The monoisotopic (exact) mass is 241 g/mol. The summed E-state index contributed by atoms with van der Waals surface area (Å²) in [6, 6.07) is 6.47. The molecule has 0 spiro atoms. The van der Waals surface area contributed by atoms with E-state index in [0.29, 0.717) is 19.6 Å². The second kappa shape index (κ2) is 6.69. The molecule has 2 N–H and O–H groups in total. The maximum absolute atomic E-state index is 13.0. The Morgan fingerprint density at radius 3 is 2.82 bits per heavy atom. The van der Waals surface area contributed by atoms with Crippen molar-refractivity contribution in [3.8, 4) is 0 Å². The van der Waals surface area contributed by atoms with Gasteiger partial charge in [0.25, 0.3) is 0 Å². The van der Waals surface area contributed by atoms with Crippen LogP contribution >= 0.6 is 0 Å². The van der Waals surface area contributed by atoms with Gasteiger partial charge >= 0.3 is 0 Å². The van der Waals surface area contributed by atoms with E-state index in [0.717, 1.165) is 5.56 Å². The number of rotatable bonds is 7. The fraction of sp³-hybridized carbons (Fsp3) is 0.538. The molecule has 0 aromatic heterocycles. The number of nitrogens with one attached hydrogen (secondary N) is 1. The van der Waals surface area contributed by atoms with E-state index in [9.17, 15) is 4.39 Å². The molecule has 0 saturated heterocycles. The van der Waals surface area contributed by atoms with Crippen LogP contribution in [0, 0.1) is 5.82 Å². The normalized spacial score (nSPS) is 14.6. The summed E-state index contributed by atoms with van der Waals surface area (Å²) in [5, 5.41) is 12.3. The molecule has 0 aliphatic rings. The topological polar surface area (TPSA) is 41.5 Å². The molecule has 0 aliphatic heterocycles. The average molecular weight is 241 g/mol. The van der Waals surface area contributed by atoms with Crippen molar-refractivity contribution in [1.29, 1.82) is 0 Å². The Morgan fingerprint density at radius 1 is 1.47 bits per heavy atom. The lowest BCUT2D eigenvalue weighted by atomic mass is 9.99. The highest BCUT2D eigenvalue weighted by Crippen LogP contribution is 2.12. The zero-order chi connectivity index (χ0) is 12.7. The summed E-state index contributed by atoms with van der Waals surface area (Å²) in [5.41, 5.74) is 0.584. The summed E-state index contributed by atoms with van der Waals surface area (Å²) < 4.78 is 18.1. The van der Waals surface area contributed by atoms with Crippen molar-refractivity contribution in [3.05, 3.63) is 35.6 Å². The van der Waals surface area contributed by atoms with Gasteiger partial charge in [-0.15, -0.1) is 0 Å². The fourth-order valence-electron chi connectivity index (χ4n) is 1.74. The molecule has 4 heteroatoms. The number of benzene rings is 1. The zero-order valence-electron chi connectivity index (χ0n) is 10.4. The van der Waals surface area contributed by atoms with E-state index in [1.807, 2.05) is 13.0 Å². The molecule has 0 unspecified atom stereocenters. The van der Waals surface area contributed by atoms with Crippen molar-refractivity contribution in [1.82, 2.24) is 5.32 Å². The Hall–Kier alpha value is -0.970. The van der Waals surface area contributed by atoms with Crippen molar-refractivity contribution < 1.29 is 14.2 Å². The highest BCUT2D eigenvalue weighted by Gasteiger charge is 2.22. The highest BCUT2D eigenvalue weighted by atomic mass is 19.1. The maximum atomic E-state index is 13.0. The molecule has 0 bridgehead atoms. The lowest BCUT2D eigenvalue weighted by molar-refractivity contribution is 0.0969. The maximum Gasteiger partial charge on any atom is 0.123 e. The van der Waals surface area contributed by atoms with Gasteiger partial charge < -0.3 is 15.2 Å². The summed E-state index contributed by atoms with van der Waals surface area (Å²) in [4.78, 5) is 0. The molecular formula is C13H20FNO2. The molecule has 0 aliphatic carbocycles. The molecule has 96 valence electrons. The van der Waals surface area contributed by atoms with Gasteiger partial charge in [0.1, 0.15) is 5.82 Å². The first-order valence-corrected chi connectivity index (χ1v) is 5.69. The largest absolute Gasteiger partial charge is 0.396 e. The summed E-state index contributed by atoms with van der Waals surface area (Å²) in [6.45, 7) is 3.13. The van der Waals surface area contributed by atoms with Gasteiger partial charge in [0.15, 0.2) is 0 Å². The average Bonchev–Trinajstić information content (AvgIpc) is 2.27. The zero-order valence-corrected chi connectivity index (χ0v) is 10.4. The van der Waals surface area contributed by atoms with Gasteiger partial charge in [0.05, 0.1) is 6.61 Å². The molecule has 0 heterocycles. The van der Waals surface area contributed by atoms with Crippen LogP contribution in [0.25, 0.3) is 0 Å². The van der Waals surface area contributed by atoms with E-state index in [1.54, 1.807) is 13.2 Å². The summed E-state index contributed by atoms with van der Waals surface area (Å²) in [5.74, 6) is -0.236. The smallest absolute Gasteiger partial charge is 0.123 e. The molecule has 1 aromatic rings. The van der Waals surface area contributed by atoms with Crippen molar-refractivity contribution >= 4 is 0 Å². The third-order valence-electron chi connectivity index (χ3n) is 2.73. The molecule has 1 rings (SSSR count). The van der Waals surface area contributed by atoms with Gasteiger partial charge in [0.2, 0.25) is 0 Å². The van der Waals surface area contributed by atoms with Crippen LogP contribution in [-0.4, -0.2) is 31.0 Å². The number of ether oxygens (including phenoxy) is 1. The quantitative estimate of drug-likeness (QED) is 0.763. The van der Waals surface area contributed by atoms with Crippen LogP contribution < -0.4 is 5.32 Å². The lowest BCUT2D eigenvalue weighted by Crippen LogP contribution is -2.46. The summed E-state index contributed by atoms with van der Waals surface area (Å²) in [6.07, 6.45) is 0.593. The molecule has 0 radical (unpaired) electrons. The molecule has 17 heavy (non-hydrogen) atoms. The number of hydrogen-bond donors (Lipinski definition) is 2. The Labute approximate surface area is 102 Å². The second-order valence-electron chi connectivity index (χ2n) is 4.45. The van der Waals surface area contributed by atoms with Crippen LogP contribution in [0.2, 0.25) is 0 Å². The lowest BCUT2D eigenvalue weighted by Gasteiger charge is -2.29. The third-order valence-corrected chi connectivity index (χ3v) is 2.73. The Kier molecular flexibility index (Phi) is 5.55. The van der Waals surface area contributed by atoms with E-state index in [-0.39, 0.29) is 18.0 Å². The van der Waals surface area contributed by atoms with Crippen LogP contribution in [0.1, 0.15) is 18.9 Å². The first-order valence-electron chi connectivity index (χ1n) is 5.69. The van der Waals surface area contributed by atoms with E-state index < -0.39 is 0 Å². The van der Waals surface area contributed by atoms with Crippen LogP contribution in [0.5, 0.6) is 0 Å². The van der Waals surface area contributed by atoms with Crippen LogP contribution in [-0.2, 0) is 11.3 Å². The van der Waals surface area contributed by atoms with Crippen molar-refractivity contribution in [2.24, 2.45) is 0 Å². The predicted octanol–water partition coefficient (Wildman–Crippen LogP) is 1.70. The number of aliphatic hydroxyl groups excluding tert-OH is 1. The number of methoxy groups -OCH3 is 1. The molecule has 1 atom stereocenters. The van der Waals surface area contributed by atoms with Crippen LogP contribution in [0.15, 0.2) is 24.3 Å². The predicted molar refractivity (Wildman–Crippen MR) is 65.2 cm³/mol. The van der Waals surface area contributed by atoms with E-state index >= 15 is 0 Å². The van der Waals surface area contributed by atoms with Crippen molar-refractivity contribution in [2.45, 2.75) is 25.4 Å². The SMILES string of the molecule is COC[C@@](C)(CCO)NCc1cccc(F)c1. The molecule has 0 fully saturated rings. The van der Waals surface area contributed by atoms with Crippen molar-refractivity contribution in [3.63, 3.8) is 0 Å². The third kappa shape index (κ3) is 4.81. The van der Waals surface area contributed by atoms with Crippen LogP contribution in [0.3, 0.4) is 0 Å². The molecule has 0 saturated carbocycles. The van der Waals surface area contributed by atoms with Gasteiger partial charge in [-0.25, -0.2) is 4.39 Å². The first kappa shape index (κ1) is 14.1. The molecule has 3 nitrogen and oxygen atoms in total. The Balaban J connectivity index is 2.57. The number of hydrogen-bond acceptors (Lipinski definition) is 3. The second-order valence-corrected chi connectivity index (χ2v) is 4.45. The molecule has 0 amide bonds. The van der Waals surface area contributed by atoms with E-state index in [2.05, 4.69) is 5.32 Å². The number of halogens is 1. The van der Waals surface area contributed by atoms with Crippen LogP contribution in [0.4, 0.5) is 4.39 Å². The number of aliphatic hydroxyl groups is 1. The molecule has 1 aromatic carbocycles. The minimum atomic E-state index is -0.296. The van der Waals surface area contributed by atoms with Crippen molar-refractivity contribution in [2.75, 3.05) is 20.3 Å². The van der Waals surface area contributed by atoms with Gasteiger partial charge in [-0.1, -0.05) is 12.1 Å². The summed E-state index contributed by atoms with van der Waals surface area (Å²) >= 11 is 0. The van der Waals surface area contributed by atoms with E-state index in [4.69, 9.17) is 9.84 Å². The highest BCUT2D eigenvalue weighted by molar-refractivity contribution is 5.16. The minimum absolute atomic E-state index is 0.0933. The standard InChI is InChI=1S/C13H20FNO2/c1-13(6-7-16,10-17-2)15-9-11-4-3-5-12(14)8-11/h3-5,8,15-16H,6-7,9-10H2,1-2H3/t13-/m1/s1. The Bertz CT molecular complexity index is 338.